The monoisotopic (exact) mass is 512 g/mol. The fraction of sp³-hybridized carbons (Fsp3) is 0.280. The summed E-state index contributed by atoms with van der Waals surface area (Å²) in [5.74, 6) is 0.642. The van der Waals surface area contributed by atoms with Crippen LogP contribution in [0.25, 0.3) is 17.0 Å². The second-order valence-electron chi connectivity index (χ2n) is 7.79. The molecule has 0 N–H and O–H groups in total. The molecule has 0 bridgehead atoms. The number of benzene rings is 2. The number of rotatable bonds is 8. The molecule has 0 saturated carbocycles. The molecule has 1 aromatic heterocycles. The normalized spacial score (nSPS) is 15.3. The van der Waals surface area contributed by atoms with Crippen LogP contribution in [0.15, 0.2) is 58.0 Å². The number of nitrogens with zero attached hydrogens (tertiary/aromatic N) is 2. The van der Waals surface area contributed by atoms with Gasteiger partial charge < -0.3 is 9.30 Å². The first-order valence-electron chi connectivity index (χ1n) is 10.7. The number of fused-ring (bicyclic) bond motifs is 1. The van der Waals surface area contributed by atoms with Crippen LogP contribution in [0.4, 0.5) is 4.79 Å². The SMILES string of the molecule is CCCCN1C(=O)S/C(=C\c2cn(CCOc3ccc(C)cc3)c3ccc(Br)cc23)C1=O. The fourth-order valence-electron chi connectivity index (χ4n) is 3.64. The quantitative estimate of drug-likeness (QED) is 0.318. The number of carbonyl (C=O) groups excluding carboxylic acids is 2. The van der Waals surface area contributed by atoms with Crippen LogP contribution in [0.3, 0.4) is 0 Å². The van der Waals surface area contributed by atoms with Crippen molar-refractivity contribution in [3.05, 3.63) is 69.2 Å². The third kappa shape index (κ3) is 4.94. The van der Waals surface area contributed by atoms with Gasteiger partial charge in [0.25, 0.3) is 11.1 Å². The van der Waals surface area contributed by atoms with Crippen molar-refractivity contribution in [3.8, 4) is 5.75 Å². The number of unbranched alkanes of at least 4 members (excludes halogenated alkanes) is 1. The van der Waals surface area contributed by atoms with Crippen molar-refractivity contribution in [1.29, 1.82) is 0 Å². The van der Waals surface area contributed by atoms with E-state index in [0.29, 0.717) is 24.6 Å². The number of aromatic nitrogens is 1. The Hall–Kier alpha value is -2.51. The molecule has 1 saturated heterocycles. The van der Waals surface area contributed by atoms with Crippen LogP contribution >= 0.6 is 27.7 Å². The summed E-state index contributed by atoms with van der Waals surface area (Å²) in [4.78, 5) is 26.9. The van der Waals surface area contributed by atoms with Gasteiger partial charge in [-0.1, -0.05) is 47.0 Å². The molecule has 2 aromatic carbocycles. The fourth-order valence-corrected chi connectivity index (χ4v) is 4.86. The van der Waals surface area contributed by atoms with Crippen LogP contribution in [0.5, 0.6) is 5.75 Å². The number of hydrogen-bond donors (Lipinski definition) is 0. The minimum Gasteiger partial charge on any atom is -0.492 e. The molecule has 1 aliphatic heterocycles. The topological polar surface area (TPSA) is 51.5 Å². The van der Waals surface area contributed by atoms with Gasteiger partial charge in [0, 0.05) is 33.7 Å². The van der Waals surface area contributed by atoms with E-state index in [1.54, 1.807) is 0 Å². The lowest BCUT2D eigenvalue weighted by atomic mass is 10.1. The van der Waals surface area contributed by atoms with Gasteiger partial charge in [-0.3, -0.25) is 14.5 Å². The van der Waals surface area contributed by atoms with E-state index in [4.69, 9.17) is 4.74 Å². The van der Waals surface area contributed by atoms with Gasteiger partial charge >= 0.3 is 0 Å². The third-order valence-corrected chi connectivity index (χ3v) is 6.79. The molecule has 1 fully saturated rings. The second-order valence-corrected chi connectivity index (χ2v) is 9.70. The molecule has 0 atom stereocenters. The maximum Gasteiger partial charge on any atom is 0.293 e. The van der Waals surface area contributed by atoms with Crippen molar-refractivity contribution in [2.75, 3.05) is 13.2 Å². The standard InChI is InChI=1S/C25H25BrN2O3S/c1-3-4-11-28-24(29)23(32-25(28)30)14-18-16-27(22-10-7-19(26)15-21(18)22)12-13-31-20-8-5-17(2)6-9-20/h5-10,14-16H,3-4,11-13H2,1-2H3/b23-14-. The molecule has 5 nitrogen and oxygen atoms in total. The lowest BCUT2D eigenvalue weighted by molar-refractivity contribution is -0.122. The highest BCUT2D eigenvalue weighted by atomic mass is 79.9. The Bertz CT molecular complexity index is 1180. The number of carbonyl (C=O) groups is 2. The molecule has 166 valence electrons. The Morgan fingerprint density at radius 1 is 1.09 bits per heavy atom. The van der Waals surface area contributed by atoms with Crippen LogP contribution in [0.2, 0.25) is 0 Å². The van der Waals surface area contributed by atoms with Crippen molar-refractivity contribution < 1.29 is 14.3 Å². The molecule has 32 heavy (non-hydrogen) atoms. The lowest BCUT2D eigenvalue weighted by Gasteiger charge is -2.10. The third-order valence-electron chi connectivity index (χ3n) is 5.39. The van der Waals surface area contributed by atoms with Crippen LogP contribution in [-0.4, -0.2) is 33.8 Å². The van der Waals surface area contributed by atoms with Gasteiger partial charge in [-0.05, 0) is 61.5 Å². The molecule has 2 heterocycles. The molecular weight excluding hydrogens is 488 g/mol. The van der Waals surface area contributed by atoms with Gasteiger partial charge in [0.15, 0.2) is 0 Å². The van der Waals surface area contributed by atoms with Gasteiger partial charge in [0.2, 0.25) is 0 Å². The van der Waals surface area contributed by atoms with E-state index in [0.717, 1.165) is 51.3 Å². The van der Waals surface area contributed by atoms with Crippen molar-refractivity contribution in [2.24, 2.45) is 0 Å². The molecule has 4 rings (SSSR count). The molecule has 0 radical (unpaired) electrons. The van der Waals surface area contributed by atoms with Gasteiger partial charge in [-0.25, -0.2) is 0 Å². The predicted molar refractivity (Wildman–Crippen MR) is 134 cm³/mol. The summed E-state index contributed by atoms with van der Waals surface area (Å²) in [6, 6.07) is 14.1. The summed E-state index contributed by atoms with van der Waals surface area (Å²) < 4.78 is 9.00. The summed E-state index contributed by atoms with van der Waals surface area (Å²) in [5.41, 5.74) is 3.16. The van der Waals surface area contributed by atoms with Crippen molar-refractivity contribution >= 4 is 55.8 Å². The molecule has 0 aliphatic carbocycles. The number of ether oxygens (including phenoxy) is 1. The van der Waals surface area contributed by atoms with Crippen LogP contribution < -0.4 is 4.74 Å². The Morgan fingerprint density at radius 3 is 2.62 bits per heavy atom. The zero-order chi connectivity index (χ0) is 22.7. The maximum absolute atomic E-state index is 12.8. The average molecular weight is 513 g/mol. The Labute approximate surface area is 200 Å². The summed E-state index contributed by atoms with van der Waals surface area (Å²) in [7, 11) is 0. The summed E-state index contributed by atoms with van der Waals surface area (Å²) >= 11 is 4.57. The number of halogens is 1. The van der Waals surface area contributed by atoms with E-state index in [9.17, 15) is 9.59 Å². The number of amides is 2. The average Bonchev–Trinajstić information content (AvgIpc) is 3.24. The van der Waals surface area contributed by atoms with Gasteiger partial charge in [0.05, 0.1) is 11.4 Å². The van der Waals surface area contributed by atoms with E-state index >= 15 is 0 Å². The zero-order valence-electron chi connectivity index (χ0n) is 18.1. The number of thioether (sulfide) groups is 1. The highest BCUT2D eigenvalue weighted by Gasteiger charge is 2.34. The van der Waals surface area contributed by atoms with E-state index in [1.165, 1.54) is 10.5 Å². The number of imide groups is 1. The minimum absolute atomic E-state index is 0.189. The first-order chi connectivity index (χ1) is 15.5. The molecule has 7 heteroatoms. The molecule has 0 spiro atoms. The molecule has 2 amide bonds. The van der Waals surface area contributed by atoms with Crippen molar-refractivity contribution in [2.45, 2.75) is 33.2 Å². The predicted octanol–water partition coefficient (Wildman–Crippen LogP) is 6.63. The lowest BCUT2D eigenvalue weighted by Crippen LogP contribution is -2.29. The van der Waals surface area contributed by atoms with E-state index in [-0.39, 0.29) is 11.1 Å². The van der Waals surface area contributed by atoms with E-state index in [1.807, 2.05) is 62.5 Å². The number of hydrogen-bond acceptors (Lipinski definition) is 4. The second kappa shape index (κ2) is 9.96. The van der Waals surface area contributed by atoms with Gasteiger partial charge in [-0.2, -0.15) is 0 Å². The first kappa shape index (κ1) is 22.7. The minimum atomic E-state index is -0.202. The number of aryl methyl sites for hydroxylation is 1. The molecule has 1 aliphatic rings. The van der Waals surface area contributed by atoms with Crippen LogP contribution in [0, 0.1) is 6.92 Å². The summed E-state index contributed by atoms with van der Waals surface area (Å²) in [6.45, 7) is 5.76. The van der Waals surface area contributed by atoms with Gasteiger partial charge in [0.1, 0.15) is 12.4 Å². The molecule has 0 unspecified atom stereocenters. The highest BCUT2D eigenvalue weighted by Crippen LogP contribution is 2.35. The molecule has 3 aromatic rings. The van der Waals surface area contributed by atoms with Crippen LogP contribution in [0.1, 0.15) is 30.9 Å². The largest absolute Gasteiger partial charge is 0.492 e. The van der Waals surface area contributed by atoms with E-state index in [2.05, 4.69) is 26.6 Å². The van der Waals surface area contributed by atoms with Crippen molar-refractivity contribution in [1.82, 2.24) is 9.47 Å². The summed E-state index contributed by atoms with van der Waals surface area (Å²) in [5, 5.41) is 0.834. The summed E-state index contributed by atoms with van der Waals surface area (Å²) in [6.07, 6.45) is 5.62. The Kier molecular flexibility index (Phi) is 7.06. The van der Waals surface area contributed by atoms with Gasteiger partial charge in [-0.15, -0.1) is 0 Å². The zero-order valence-corrected chi connectivity index (χ0v) is 20.5. The van der Waals surface area contributed by atoms with Crippen molar-refractivity contribution in [3.63, 3.8) is 0 Å². The van der Waals surface area contributed by atoms with Crippen LogP contribution in [-0.2, 0) is 11.3 Å². The highest BCUT2D eigenvalue weighted by molar-refractivity contribution is 9.10. The first-order valence-corrected chi connectivity index (χ1v) is 12.3. The van der Waals surface area contributed by atoms with E-state index < -0.39 is 0 Å². The Morgan fingerprint density at radius 2 is 1.88 bits per heavy atom. The maximum atomic E-state index is 12.8. The smallest absolute Gasteiger partial charge is 0.293 e. The Balaban J connectivity index is 1.57. The molecular formula is C25H25BrN2O3S.